The number of aliphatic imine (C=N–C) groups is 1. The Morgan fingerprint density at radius 2 is 1.00 bits per heavy atom. The van der Waals surface area contributed by atoms with E-state index in [0.29, 0.717) is 0 Å². The number of hydrogen-bond acceptors (Lipinski definition) is 2. The summed E-state index contributed by atoms with van der Waals surface area (Å²) in [7, 11) is 0. The van der Waals surface area contributed by atoms with E-state index < -0.39 is 5.41 Å². The van der Waals surface area contributed by atoms with Crippen molar-refractivity contribution in [2.45, 2.75) is 25.2 Å². The normalized spacial score (nSPS) is 17.6. The van der Waals surface area contributed by atoms with Crippen LogP contribution in [0.1, 0.15) is 53.1 Å². The van der Waals surface area contributed by atoms with Crippen molar-refractivity contribution in [3.8, 4) is 11.1 Å². The zero-order valence-electron chi connectivity index (χ0n) is 31.9. The van der Waals surface area contributed by atoms with E-state index in [2.05, 4.69) is 212 Å². The van der Waals surface area contributed by atoms with Gasteiger partial charge in [0, 0.05) is 22.5 Å². The number of rotatable bonds is 4. The Kier molecular flexibility index (Phi) is 7.79. The van der Waals surface area contributed by atoms with Gasteiger partial charge in [-0.3, -0.25) is 4.99 Å². The van der Waals surface area contributed by atoms with Crippen LogP contribution in [0.15, 0.2) is 216 Å². The SMILES string of the molecule is C/C1=C(\c2cccc3ccccc23)C2=C(/N=C(/c3ccc(-c4ccccc4)cc3)CC1)c1ccccc1C21c2ccccc2N(c2ccccc2)c2ccccc21. The second-order valence-electron chi connectivity index (χ2n) is 15.4. The third kappa shape index (κ3) is 5.07. The molecule has 0 aromatic heterocycles. The lowest BCUT2D eigenvalue weighted by Gasteiger charge is -2.46. The average Bonchev–Trinajstić information content (AvgIpc) is 3.54. The quantitative estimate of drug-likeness (QED) is 0.176. The van der Waals surface area contributed by atoms with Crippen molar-refractivity contribution in [2.24, 2.45) is 4.99 Å². The predicted molar refractivity (Wildman–Crippen MR) is 239 cm³/mol. The Morgan fingerprint density at radius 3 is 1.74 bits per heavy atom. The molecule has 2 aliphatic heterocycles. The van der Waals surface area contributed by atoms with E-state index in [9.17, 15) is 0 Å². The standard InChI is InChI=1S/C55H40N2/c1-37-31-36-49(41-34-32-39(33-35-41)38-17-4-2-5-18-38)56-54-45-24-10-11-26-46(45)55(53(54)52(37)44-25-16-20-40-19-8-9-23-43(40)44)47-27-12-14-29-50(47)57(42-21-6-3-7-22-42)51-30-15-13-28-48(51)55/h2-30,32-35H,31,36H2,1H3/b52-37-,56-49+. The summed E-state index contributed by atoms with van der Waals surface area (Å²) in [4.78, 5) is 8.38. The lowest BCUT2D eigenvalue weighted by Crippen LogP contribution is -2.37. The van der Waals surface area contributed by atoms with Crippen LogP contribution in [0.2, 0.25) is 0 Å². The van der Waals surface area contributed by atoms with E-state index in [0.717, 1.165) is 29.9 Å². The van der Waals surface area contributed by atoms with Crippen molar-refractivity contribution in [2.75, 3.05) is 4.90 Å². The predicted octanol–water partition coefficient (Wildman–Crippen LogP) is 14.1. The number of fused-ring (bicyclic) bond motifs is 9. The highest BCUT2D eigenvalue weighted by Gasteiger charge is 2.54. The van der Waals surface area contributed by atoms with Crippen LogP contribution in [0.5, 0.6) is 0 Å². The van der Waals surface area contributed by atoms with E-state index in [1.54, 1.807) is 0 Å². The highest BCUT2D eigenvalue weighted by atomic mass is 15.2. The molecule has 2 heterocycles. The molecule has 2 nitrogen and oxygen atoms in total. The van der Waals surface area contributed by atoms with Crippen molar-refractivity contribution in [3.05, 3.63) is 245 Å². The minimum Gasteiger partial charge on any atom is -0.310 e. The lowest BCUT2D eigenvalue weighted by molar-refractivity contribution is 0.747. The fourth-order valence-corrected chi connectivity index (χ4v) is 9.88. The zero-order chi connectivity index (χ0) is 37.9. The van der Waals surface area contributed by atoms with Crippen molar-refractivity contribution < 1.29 is 0 Å². The molecule has 11 rings (SSSR count). The van der Waals surface area contributed by atoms with Crippen LogP contribution in [0.3, 0.4) is 0 Å². The van der Waals surface area contributed by atoms with Gasteiger partial charge < -0.3 is 4.90 Å². The van der Waals surface area contributed by atoms with Crippen LogP contribution in [0.4, 0.5) is 17.1 Å². The highest BCUT2D eigenvalue weighted by molar-refractivity contribution is 6.12. The molecule has 0 atom stereocenters. The first-order valence-electron chi connectivity index (χ1n) is 20.0. The van der Waals surface area contributed by atoms with E-state index >= 15 is 0 Å². The number of nitrogens with zero attached hydrogens (tertiary/aromatic N) is 2. The van der Waals surface area contributed by atoms with Gasteiger partial charge in [-0.15, -0.1) is 0 Å². The molecule has 8 aromatic carbocycles. The molecule has 8 aromatic rings. The number of para-hydroxylation sites is 3. The molecule has 0 N–H and O–H groups in total. The van der Waals surface area contributed by atoms with E-state index in [1.807, 2.05) is 0 Å². The monoisotopic (exact) mass is 728 g/mol. The fourth-order valence-electron chi connectivity index (χ4n) is 9.88. The first kappa shape index (κ1) is 33.3. The molecule has 0 unspecified atom stereocenters. The largest absolute Gasteiger partial charge is 0.310 e. The van der Waals surface area contributed by atoms with Gasteiger partial charge in [-0.1, -0.05) is 181 Å². The van der Waals surface area contributed by atoms with Crippen LogP contribution < -0.4 is 4.90 Å². The second-order valence-corrected chi connectivity index (χ2v) is 15.4. The third-order valence-corrected chi connectivity index (χ3v) is 12.4. The minimum absolute atomic E-state index is 0.652. The molecular weight excluding hydrogens is 689 g/mol. The molecule has 0 saturated carbocycles. The van der Waals surface area contributed by atoms with Crippen molar-refractivity contribution in [3.63, 3.8) is 0 Å². The fraction of sp³-hybridized carbons (Fsp3) is 0.0727. The summed E-state index contributed by atoms with van der Waals surface area (Å²) in [6.07, 6.45) is 1.73. The summed E-state index contributed by atoms with van der Waals surface area (Å²) in [6, 6.07) is 73.4. The van der Waals surface area contributed by atoms with Gasteiger partial charge >= 0.3 is 0 Å². The summed E-state index contributed by atoms with van der Waals surface area (Å²) < 4.78 is 0. The number of allylic oxidation sites excluding steroid dienone is 3. The van der Waals surface area contributed by atoms with Gasteiger partial charge in [0.25, 0.3) is 0 Å². The topological polar surface area (TPSA) is 15.6 Å². The molecular formula is C55H40N2. The molecule has 0 fully saturated rings. The molecule has 3 aliphatic rings. The Hall–Kier alpha value is -7.03. The van der Waals surface area contributed by atoms with Crippen molar-refractivity contribution >= 4 is 44.8 Å². The third-order valence-electron chi connectivity index (χ3n) is 12.4. The first-order chi connectivity index (χ1) is 28.2. The summed E-state index contributed by atoms with van der Waals surface area (Å²) in [5, 5.41) is 2.50. The molecule has 0 saturated heterocycles. The van der Waals surface area contributed by atoms with Crippen LogP contribution in [0.25, 0.3) is 33.2 Å². The van der Waals surface area contributed by atoms with E-state index in [4.69, 9.17) is 4.99 Å². The number of benzene rings is 8. The summed E-state index contributed by atoms with van der Waals surface area (Å²) in [5.74, 6) is 0. The maximum Gasteiger partial charge on any atom is 0.0776 e. The molecule has 57 heavy (non-hydrogen) atoms. The van der Waals surface area contributed by atoms with Gasteiger partial charge in [-0.2, -0.15) is 0 Å². The molecule has 2 heteroatoms. The highest BCUT2D eigenvalue weighted by Crippen LogP contribution is 2.66. The Morgan fingerprint density at radius 1 is 0.456 bits per heavy atom. The van der Waals surface area contributed by atoms with Gasteiger partial charge in [-0.25, -0.2) is 0 Å². The smallest absolute Gasteiger partial charge is 0.0776 e. The maximum atomic E-state index is 5.92. The van der Waals surface area contributed by atoms with Gasteiger partial charge in [-0.05, 0) is 99.3 Å². The van der Waals surface area contributed by atoms with Crippen LogP contribution in [-0.2, 0) is 5.41 Å². The van der Waals surface area contributed by atoms with E-state index in [1.165, 1.54) is 83.4 Å². The van der Waals surface area contributed by atoms with Gasteiger partial charge in [0.05, 0.1) is 22.5 Å². The van der Waals surface area contributed by atoms with Gasteiger partial charge in [0.15, 0.2) is 0 Å². The number of anilines is 3. The zero-order valence-corrected chi connectivity index (χ0v) is 31.9. The van der Waals surface area contributed by atoms with Gasteiger partial charge in [0.2, 0.25) is 0 Å². The lowest BCUT2D eigenvalue weighted by atomic mass is 9.61. The molecule has 0 amide bonds. The Bertz CT molecular complexity index is 2900. The average molecular weight is 729 g/mol. The molecule has 0 bridgehead atoms. The van der Waals surface area contributed by atoms with Crippen LogP contribution in [0, 0.1) is 0 Å². The van der Waals surface area contributed by atoms with Crippen LogP contribution >= 0.6 is 0 Å². The summed E-state index contributed by atoms with van der Waals surface area (Å²) >= 11 is 0. The molecule has 270 valence electrons. The van der Waals surface area contributed by atoms with Crippen molar-refractivity contribution in [1.29, 1.82) is 0 Å². The molecule has 1 aliphatic carbocycles. The van der Waals surface area contributed by atoms with E-state index in [-0.39, 0.29) is 0 Å². The second kappa shape index (κ2) is 13.3. The first-order valence-corrected chi connectivity index (χ1v) is 20.0. The Balaban J connectivity index is 1.26. The van der Waals surface area contributed by atoms with Gasteiger partial charge in [0.1, 0.15) is 0 Å². The Labute approximate surface area is 334 Å². The minimum atomic E-state index is -0.652. The molecule has 0 radical (unpaired) electrons. The molecule has 1 spiro atoms. The van der Waals surface area contributed by atoms with Crippen molar-refractivity contribution in [1.82, 2.24) is 0 Å². The maximum absolute atomic E-state index is 5.92. The van der Waals surface area contributed by atoms with Crippen LogP contribution in [-0.4, -0.2) is 5.71 Å². The summed E-state index contributed by atoms with van der Waals surface area (Å²) in [5.41, 5.74) is 18.8. The number of hydrogen-bond donors (Lipinski definition) is 0. The summed E-state index contributed by atoms with van der Waals surface area (Å²) in [6.45, 7) is 2.37.